The first-order valence-electron chi connectivity index (χ1n) is 12.0. The lowest BCUT2D eigenvalue weighted by molar-refractivity contribution is 0.136. The predicted molar refractivity (Wildman–Crippen MR) is 141 cm³/mol. The zero-order valence-corrected chi connectivity index (χ0v) is 21.4. The van der Waals surface area contributed by atoms with Gasteiger partial charge in [0.05, 0.1) is 17.7 Å². The average Bonchev–Trinajstić information content (AvgIpc) is 2.90. The Labute approximate surface area is 213 Å². The maximum Gasteiger partial charge on any atom is 0.134 e. The van der Waals surface area contributed by atoms with E-state index in [2.05, 4.69) is 9.46 Å². The molecule has 1 aliphatic rings. The normalized spacial score (nSPS) is 16.9. The Bertz CT molecular complexity index is 1110. The summed E-state index contributed by atoms with van der Waals surface area (Å²) in [6.45, 7) is 1.73. The molecule has 1 unspecified atom stereocenters. The summed E-state index contributed by atoms with van der Waals surface area (Å²) in [4.78, 5) is 6.50. The Morgan fingerprint density at radius 1 is 0.917 bits per heavy atom. The van der Waals surface area contributed by atoms with Crippen molar-refractivity contribution in [1.29, 1.82) is 0 Å². The molecule has 0 aromatic heterocycles. The van der Waals surface area contributed by atoms with Crippen molar-refractivity contribution in [1.82, 2.24) is 4.31 Å². The van der Waals surface area contributed by atoms with Crippen LogP contribution >= 0.6 is 10.5 Å². The van der Waals surface area contributed by atoms with Gasteiger partial charge in [-0.25, -0.2) is 13.1 Å². The summed E-state index contributed by atoms with van der Waals surface area (Å²) >= 11 is 0. The van der Waals surface area contributed by atoms with E-state index in [1.807, 2.05) is 30.5 Å². The first kappa shape index (κ1) is 26.1. The molecule has 192 valence electrons. The van der Waals surface area contributed by atoms with Gasteiger partial charge in [0.2, 0.25) is 0 Å². The van der Waals surface area contributed by atoms with E-state index in [9.17, 15) is 13.3 Å². The Hall–Kier alpha value is -2.94. The molecule has 1 heterocycles. The van der Waals surface area contributed by atoms with Crippen LogP contribution in [0.4, 0.5) is 8.78 Å². The second kappa shape index (κ2) is 11.9. The number of halogens is 2. The van der Waals surface area contributed by atoms with Crippen molar-refractivity contribution in [3.8, 4) is 5.75 Å². The lowest BCUT2D eigenvalue weighted by atomic mass is 9.89. The number of piperidine rings is 1. The third kappa shape index (κ3) is 6.24. The monoisotopic (exact) mass is 514 g/mol. The zero-order valence-electron chi connectivity index (χ0n) is 20.6. The minimum absolute atomic E-state index is 0.0622. The molecule has 1 saturated heterocycles. The molecular formula is C28H32F2N2O3S. The molecule has 0 radical (unpaired) electrons. The van der Waals surface area contributed by atoms with Gasteiger partial charge in [-0.15, -0.1) is 0 Å². The molecule has 0 aliphatic carbocycles. The van der Waals surface area contributed by atoms with E-state index >= 15 is 0 Å². The summed E-state index contributed by atoms with van der Waals surface area (Å²) < 4.78 is 45.8. The molecule has 3 aromatic rings. The molecule has 0 amide bonds. The third-order valence-electron chi connectivity index (χ3n) is 6.52. The van der Waals surface area contributed by atoms with Crippen LogP contribution in [0.2, 0.25) is 0 Å². The topological polar surface area (TPSA) is 54.3 Å². The van der Waals surface area contributed by atoms with Gasteiger partial charge in [-0.05, 0) is 53.9 Å². The SMILES string of the molecule is COc1ccccc1S(C)(O)N1CCC(=NOCCC(c2ccc(F)cc2)c2ccc(F)cc2)CC1. The van der Waals surface area contributed by atoms with Crippen LogP contribution in [-0.2, 0) is 4.84 Å². The molecule has 0 bridgehead atoms. The summed E-state index contributed by atoms with van der Waals surface area (Å²) in [6, 6.07) is 20.3. The molecule has 36 heavy (non-hydrogen) atoms. The Morgan fingerprint density at radius 2 is 1.47 bits per heavy atom. The number of para-hydroxylation sites is 1. The number of oxime groups is 1. The van der Waals surface area contributed by atoms with E-state index in [4.69, 9.17) is 9.57 Å². The average molecular weight is 515 g/mol. The highest BCUT2D eigenvalue weighted by molar-refractivity contribution is 8.26. The van der Waals surface area contributed by atoms with Gasteiger partial charge in [0.1, 0.15) is 24.0 Å². The van der Waals surface area contributed by atoms with Gasteiger partial charge in [-0.1, -0.05) is 52.0 Å². The van der Waals surface area contributed by atoms with E-state index in [-0.39, 0.29) is 17.6 Å². The fourth-order valence-electron chi connectivity index (χ4n) is 4.49. The van der Waals surface area contributed by atoms with E-state index in [1.54, 1.807) is 31.4 Å². The molecule has 8 heteroatoms. The predicted octanol–water partition coefficient (Wildman–Crippen LogP) is 6.85. The number of hydrogen-bond acceptors (Lipinski definition) is 5. The quantitative estimate of drug-likeness (QED) is 0.251. The highest BCUT2D eigenvalue weighted by Crippen LogP contribution is 2.56. The van der Waals surface area contributed by atoms with Gasteiger partial charge in [-0.3, -0.25) is 0 Å². The van der Waals surface area contributed by atoms with Crippen LogP contribution in [0.1, 0.15) is 36.3 Å². The fourth-order valence-corrected chi connectivity index (χ4v) is 6.53. The zero-order chi connectivity index (χ0) is 25.5. The molecule has 0 spiro atoms. The Morgan fingerprint density at radius 3 is 2.03 bits per heavy atom. The van der Waals surface area contributed by atoms with E-state index in [0.29, 0.717) is 44.7 Å². The molecule has 1 atom stereocenters. The maximum absolute atomic E-state index is 13.4. The number of rotatable bonds is 9. The van der Waals surface area contributed by atoms with Crippen LogP contribution in [0, 0.1) is 11.6 Å². The molecule has 4 rings (SSSR count). The molecule has 1 aliphatic heterocycles. The number of nitrogens with zero attached hydrogens (tertiary/aromatic N) is 2. The Balaban J connectivity index is 1.34. The number of ether oxygens (including phenoxy) is 1. The van der Waals surface area contributed by atoms with Crippen LogP contribution in [-0.4, -0.2) is 47.6 Å². The molecular weight excluding hydrogens is 482 g/mol. The van der Waals surface area contributed by atoms with E-state index in [1.165, 1.54) is 24.3 Å². The lowest BCUT2D eigenvalue weighted by Gasteiger charge is -2.43. The lowest BCUT2D eigenvalue weighted by Crippen LogP contribution is -2.36. The standard InChI is InChI=1S/C28H32F2N2O3S/c1-34-27-5-3-4-6-28(27)36(2,33)32-18-15-25(16-19-32)31-35-20-17-26(21-7-11-23(29)12-8-21)22-9-13-24(30)14-10-22/h3-14,26,33H,15-20H2,1-2H3. The van der Waals surface area contributed by atoms with Crippen LogP contribution in [0.15, 0.2) is 82.8 Å². The van der Waals surface area contributed by atoms with Crippen molar-refractivity contribution >= 4 is 16.2 Å². The number of hydrogen-bond donors (Lipinski definition) is 1. The summed E-state index contributed by atoms with van der Waals surface area (Å²) in [7, 11) is -0.558. The van der Waals surface area contributed by atoms with Crippen molar-refractivity contribution in [2.45, 2.75) is 30.1 Å². The highest BCUT2D eigenvalue weighted by Gasteiger charge is 2.31. The van der Waals surface area contributed by atoms with E-state index < -0.39 is 10.5 Å². The van der Waals surface area contributed by atoms with Crippen molar-refractivity contribution < 1.29 is 22.9 Å². The van der Waals surface area contributed by atoms with Gasteiger partial charge in [0, 0.05) is 38.1 Å². The Kier molecular flexibility index (Phi) is 8.61. The first-order valence-corrected chi connectivity index (χ1v) is 13.9. The van der Waals surface area contributed by atoms with Crippen molar-refractivity contribution in [2.75, 3.05) is 33.1 Å². The minimum atomic E-state index is -2.17. The van der Waals surface area contributed by atoms with Gasteiger partial charge in [0.25, 0.3) is 0 Å². The summed E-state index contributed by atoms with van der Waals surface area (Å²) in [5.74, 6) is 0.0409. The van der Waals surface area contributed by atoms with Crippen LogP contribution in [0.25, 0.3) is 0 Å². The van der Waals surface area contributed by atoms with Crippen molar-refractivity contribution in [3.63, 3.8) is 0 Å². The highest BCUT2D eigenvalue weighted by atomic mass is 32.3. The first-order chi connectivity index (χ1) is 17.4. The summed E-state index contributed by atoms with van der Waals surface area (Å²) in [5.41, 5.74) is 2.84. The summed E-state index contributed by atoms with van der Waals surface area (Å²) in [6.07, 6.45) is 3.90. The summed E-state index contributed by atoms with van der Waals surface area (Å²) in [5, 5.41) is 4.37. The third-order valence-corrected chi connectivity index (χ3v) is 9.07. The van der Waals surface area contributed by atoms with Crippen molar-refractivity contribution in [2.24, 2.45) is 5.16 Å². The van der Waals surface area contributed by atoms with Gasteiger partial charge in [-0.2, -0.15) is 0 Å². The van der Waals surface area contributed by atoms with Gasteiger partial charge < -0.3 is 14.1 Å². The minimum Gasteiger partial charge on any atom is -0.496 e. The molecule has 5 nitrogen and oxygen atoms in total. The van der Waals surface area contributed by atoms with Crippen LogP contribution < -0.4 is 4.74 Å². The van der Waals surface area contributed by atoms with Gasteiger partial charge in [0.15, 0.2) is 0 Å². The van der Waals surface area contributed by atoms with E-state index in [0.717, 1.165) is 21.7 Å². The van der Waals surface area contributed by atoms with Crippen LogP contribution in [0.5, 0.6) is 5.75 Å². The second-order valence-electron chi connectivity index (χ2n) is 8.85. The van der Waals surface area contributed by atoms with Crippen molar-refractivity contribution in [3.05, 3.63) is 95.6 Å². The molecule has 1 fully saturated rings. The fraction of sp³-hybridized carbons (Fsp3) is 0.321. The number of methoxy groups -OCH3 is 1. The second-order valence-corrected chi connectivity index (χ2v) is 11.5. The molecule has 3 aromatic carbocycles. The van der Waals surface area contributed by atoms with Crippen LogP contribution in [0.3, 0.4) is 0 Å². The molecule has 1 N–H and O–H groups in total. The maximum atomic E-state index is 13.4. The number of benzene rings is 3. The van der Waals surface area contributed by atoms with Gasteiger partial charge >= 0.3 is 0 Å². The molecule has 0 saturated carbocycles. The smallest absolute Gasteiger partial charge is 0.134 e. The largest absolute Gasteiger partial charge is 0.496 e.